The Balaban J connectivity index is 2.99. The molecule has 0 atom stereocenters. The fourth-order valence-electron chi connectivity index (χ4n) is 1.32. The summed E-state index contributed by atoms with van der Waals surface area (Å²) in [6.07, 6.45) is -2.76. The summed E-state index contributed by atoms with van der Waals surface area (Å²) in [5.41, 5.74) is 0.104. The molecule has 1 N–H and O–H groups in total. The molecule has 0 aliphatic rings. The topological polar surface area (TPSA) is 34.0 Å². The Morgan fingerprint density at radius 2 is 2.06 bits per heavy atom. The lowest BCUT2D eigenvalue weighted by atomic mass is 10.2. The van der Waals surface area contributed by atoms with Gasteiger partial charge in [-0.3, -0.25) is 4.79 Å². The number of hydrogen-bond donors (Lipinski definition) is 1. The molecular weight excluding hydrogens is 221 g/mol. The van der Waals surface area contributed by atoms with Gasteiger partial charge < -0.3 is 9.88 Å². The first kappa shape index (κ1) is 12.6. The summed E-state index contributed by atoms with van der Waals surface area (Å²) in [4.78, 5) is 11.7. The second kappa shape index (κ2) is 4.59. The van der Waals surface area contributed by atoms with E-state index in [1.165, 1.54) is 4.57 Å². The Kier molecular flexibility index (Phi) is 3.62. The Labute approximate surface area is 90.9 Å². The molecule has 0 unspecified atom stereocenters. The number of aryl methyl sites for hydroxylation is 2. The number of aromatic nitrogens is 1. The van der Waals surface area contributed by atoms with Crippen molar-refractivity contribution in [3.05, 3.63) is 28.2 Å². The van der Waals surface area contributed by atoms with E-state index in [1.54, 1.807) is 26.1 Å². The third kappa shape index (κ3) is 3.01. The van der Waals surface area contributed by atoms with E-state index in [-0.39, 0.29) is 5.69 Å². The van der Waals surface area contributed by atoms with Gasteiger partial charge in [-0.05, 0) is 25.5 Å². The zero-order chi connectivity index (χ0) is 12.3. The van der Waals surface area contributed by atoms with Crippen molar-refractivity contribution in [1.82, 2.24) is 4.57 Å². The number of nitrogens with one attached hydrogen (secondary N) is 1. The minimum atomic E-state index is -4.33. The number of anilines is 1. The average Bonchev–Trinajstić information content (AvgIpc) is 2.16. The van der Waals surface area contributed by atoms with Crippen molar-refractivity contribution >= 4 is 5.69 Å². The molecule has 0 saturated heterocycles. The molecule has 16 heavy (non-hydrogen) atoms. The summed E-state index contributed by atoms with van der Waals surface area (Å²) < 4.78 is 37.4. The van der Waals surface area contributed by atoms with Gasteiger partial charge in [0.1, 0.15) is 12.2 Å². The van der Waals surface area contributed by atoms with Gasteiger partial charge in [0, 0.05) is 12.7 Å². The SMILES string of the molecule is CCn1ccc(C)c(NCC(F)(F)F)c1=O. The van der Waals surface area contributed by atoms with Gasteiger partial charge in [-0.15, -0.1) is 0 Å². The molecule has 0 aliphatic heterocycles. The minimum Gasteiger partial charge on any atom is -0.372 e. The van der Waals surface area contributed by atoms with Crippen LogP contribution in [0.1, 0.15) is 12.5 Å². The number of nitrogens with zero attached hydrogens (tertiary/aromatic N) is 1. The molecule has 3 nitrogen and oxygen atoms in total. The van der Waals surface area contributed by atoms with Gasteiger partial charge in [-0.2, -0.15) is 13.2 Å². The maximum Gasteiger partial charge on any atom is 0.405 e. The molecule has 1 rings (SSSR count). The van der Waals surface area contributed by atoms with Crippen LogP contribution < -0.4 is 10.9 Å². The first-order valence-electron chi connectivity index (χ1n) is 4.86. The summed E-state index contributed by atoms with van der Waals surface area (Å²) in [6, 6.07) is 1.61. The predicted octanol–water partition coefficient (Wildman–Crippen LogP) is 2.15. The molecule has 1 heterocycles. The molecule has 0 spiro atoms. The lowest BCUT2D eigenvalue weighted by molar-refractivity contribution is -0.115. The van der Waals surface area contributed by atoms with E-state index in [9.17, 15) is 18.0 Å². The van der Waals surface area contributed by atoms with Gasteiger partial charge in [0.05, 0.1) is 0 Å². The van der Waals surface area contributed by atoms with E-state index in [0.29, 0.717) is 12.1 Å². The summed E-state index contributed by atoms with van der Waals surface area (Å²) in [5.74, 6) is 0. The van der Waals surface area contributed by atoms with Crippen LogP contribution in [0.3, 0.4) is 0 Å². The van der Waals surface area contributed by atoms with Crippen molar-refractivity contribution < 1.29 is 13.2 Å². The first-order valence-corrected chi connectivity index (χ1v) is 4.86. The molecule has 0 aliphatic carbocycles. The standard InChI is InChI=1S/C10H13F3N2O/c1-3-15-5-4-7(2)8(9(15)16)14-6-10(11,12)13/h4-5,14H,3,6H2,1-2H3. The highest BCUT2D eigenvalue weighted by molar-refractivity contribution is 5.48. The zero-order valence-corrected chi connectivity index (χ0v) is 9.06. The molecule has 0 saturated carbocycles. The van der Waals surface area contributed by atoms with Crippen molar-refractivity contribution in [3.8, 4) is 0 Å². The molecule has 1 aromatic rings. The van der Waals surface area contributed by atoms with Crippen LogP contribution in [-0.4, -0.2) is 17.3 Å². The van der Waals surface area contributed by atoms with Crippen LogP contribution in [-0.2, 0) is 6.54 Å². The van der Waals surface area contributed by atoms with Crippen molar-refractivity contribution in [2.24, 2.45) is 0 Å². The molecule has 0 aromatic carbocycles. The number of alkyl halides is 3. The van der Waals surface area contributed by atoms with Gasteiger partial charge >= 0.3 is 6.18 Å². The largest absolute Gasteiger partial charge is 0.405 e. The van der Waals surface area contributed by atoms with Crippen LogP contribution in [0.15, 0.2) is 17.1 Å². The fourth-order valence-corrected chi connectivity index (χ4v) is 1.32. The molecule has 90 valence electrons. The van der Waals surface area contributed by atoms with Gasteiger partial charge in [0.15, 0.2) is 0 Å². The lowest BCUT2D eigenvalue weighted by Gasteiger charge is -2.12. The van der Waals surface area contributed by atoms with E-state index in [0.717, 1.165) is 0 Å². The van der Waals surface area contributed by atoms with Crippen molar-refractivity contribution in [2.45, 2.75) is 26.6 Å². The predicted molar refractivity (Wildman–Crippen MR) is 55.7 cm³/mol. The highest BCUT2D eigenvalue weighted by Gasteiger charge is 2.27. The van der Waals surface area contributed by atoms with Crippen LogP contribution in [0.4, 0.5) is 18.9 Å². The average molecular weight is 234 g/mol. The van der Waals surface area contributed by atoms with Gasteiger partial charge in [-0.1, -0.05) is 0 Å². The highest BCUT2D eigenvalue weighted by Crippen LogP contribution is 2.16. The summed E-state index contributed by atoms with van der Waals surface area (Å²) >= 11 is 0. The monoisotopic (exact) mass is 234 g/mol. The Morgan fingerprint density at radius 3 is 2.56 bits per heavy atom. The molecule has 0 amide bonds. The van der Waals surface area contributed by atoms with Gasteiger partial charge in [-0.25, -0.2) is 0 Å². The number of rotatable bonds is 3. The second-order valence-electron chi connectivity index (χ2n) is 3.43. The lowest BCUT2D eigenvalue weighted by Crippen LogP contribution is -2.28. The smallest absolute Gasteiger partial charge is 0.372 e. The quantitative estimate of drug-likeness (QED) is 0.869. The molecular formula is C10H13F3N2O. The van der Waals surface area contributed by atoms with E-state index in [4.69, 9.17) is 0 Å². The first-order chi connectivity index (χ1) is 7.35. The molecule has 0 radical (unpaired) electrons. The van der Waals surface area contributed by atoms with Crippen molar-refractivity contribution in [1.29, 1.82) is 0 Å². The normalized spacial score (nSPS) is 11.6. The zero-order valence-electron chi connectivity index (χ0n) is 9.06. The molecule has 0 bridgehead atoms. The second-order valence-corrected chi connectivity index (χ2v) is 3.43. The summed E-state index contributed by atoms with van der Waals surface area (Å²) in [5, 5.41) is 2.14. The Bertz CT molecular complexity index is 423. The fraction of sp³-hybridized carbons (Fsp3) is 0.500. The van der Waals surface area contributed by atoms with Crippen LogP contribution in [0.5, 0.6) is 0 Å². The van der Waals surface area contributed by atoms with E-state index in [1.807, 2.05) is 0 Å². The van der Waals surface area contributed by atoms with Gasteiger partial charge in [0.2, 0.25) is 0 Å². The summed E-state index contributed by atoms with van der Waals surface area (Å²) in [6.45, 7) is 2.58. The number of halogens is 3. The van der Waals surface area contributed by atoms with Crippen LogP contribution in [0.2, 0.25) is 0 Å². The van der Waals surface area contributed by atoms with Crippen molar-refractivity contribution in [3.63, 3.8) is 0 Å². The Morgan fingerprint density at radius 1 is 1.44 bits per heavy atom. The third-order valence-corrected chi connectivity index (χ3v) is 2.18. The molecule has 6 heteroatoms. The maximum atomic E-state index is 12.0. The number of hydrogen-bond acceptors (Lipinski definition) is 2. The van der Waals surface area contributed by atoms with E-state index in [2.05, 4.69) is 5.32 Å². The van der Waals surface area contributed by atoms with Crippen LogP contribution in [0.25, 0.3) is 0 Å². The molecule has 1 aromatic heterocycles. The highest BCUT2D eigenvalue weighted by atomic mass is 19.4. The van der Waals surface area contributed by atoms with Crippen LogP contribution >= 0.6 is 0 Å². The van der Waals surface area contributed by atoms with Gasteiger partial charge in [0.25, 0.3) is 5.56 Å². The van der Waals surface area contributed by atoms with E-state index >= 15 is 0 Å². The summed E-state index contributed by atoms with van der Waals surface area (Å²) in [7, 11) is 0. The number of pyridine rings is 1. The maximum absolute atomic E-state index is 12.0. The molecule has 0 fully saturated rings. The third-order valence-electron chi connectivity index (χ3n) is 2.18. The van der Waals surface area contributed by atoms with E-state index < -0.39 is 18.3 Å². The van der Waals surface area contributed by atoms with Crippen molar-refractivity contribution in [2.75, 3.05) is 11.9 Å². The Hall–Kier alpha value is -1.46. The minimum absolute atomic E-state index is 0.0154. The van der Waals surface area contributed by atoms with Crippen LogP contribution in [0, 0.1) is 6.92 Å².